The van der Waals surface area contributed by atoms with Crippen LogP contribution in [0.3, 0.4) is 0 Å². The lowest BCUT2D eigenvalue weighted by Gasteiger charge is -2.20. The largest absolute Gasteiger partial charge is 0.384 e. The van der Waals surface area contributed by atoms with Gasteiger partial charge in [0.1, 0.15) is 0 Å². The van der Waals surface area contributed by atoms with Gasteiger partial charge in [0, 0.05) is 30.0 Å². The van der Waals surface area contributed by atoms with E-state index in [4.69, 9.17) is 0 Å². The fourth-order valence-corrected chi connectivity index (χ4v) is 3.84. The summed E-state index contributed by atoms with van der Waals surface area (Å²) in [5, 5.41) is 9.81. The summed E-state index contributed by atoms with van der Waals surface area (Å²) in [5.41, 5.74) is 7.74. The molecule has 1 aliphatic heterocycles. The lowest BCUT2D eigenvalue weighted by atomic mass is 10.00. The molecule has 2 aliphatic rings. The molecule has 0 saturated heterocycles. The number of para-hydroxylation sites is 1. The Bertz CT molecular complexity index is 1100. The van der Waals surface area contributed by atoms with Crippen molar-refractivity contribution in [1.82, 2.24) is 5.32 Å². The molecular weight excluding hydrogens is 328 g/mol. The molecule has 3 aromatic carbocycles. The molecular formula is C25H22N2. The van der Waals surface area contributed by atoms with Crippen molar-refractivity contribution < 1.29 is 0 Å². The third-order valence-electron chi connectivity index (χ3n) is 5.37. The van der Waals surface area contributed by atoms with Crippen LogP contribution in [0.25, 0.3) is 10.8 Å². The minimum atomic E-state index is 0.848. The van der Waals surface area contributed by atoms with Crippen molar-refractivity contribution in [2.75, 3.05) is 5.32 Å². The lowest BCUT2D eigenvalue weighted by molar-refractivity contribution is 0.776. The van der Waals surface area contributed by atoms with Gasteiger partial charge >= 0.3 is 0 Å². The summed E-state index contributed by atoms with van der Waals surface area (Å²) in [5.74, 6) is 0. The van der Waals surface area contributed by atoms with Crippen LogP contribution in [0, 0.1) is 0 Å². The molecule has 0 amide bonds. The molecule has 5 rings (SSSR count). The van der Waals surface area contributed by atoms with E-state index in [1.165, 1.54) is 44.6 Å². The Hall–Kier alpha value is -3.26. The van der Waals surface area contributed by atoms with Crippen molar-refractivity contribution in [2.24, 2.45) is 0 Å². The van der Waals surface area contributed by atoms with Gasteiger partial charge < -0.3 is 10.6 Å². The Balaban J connectivity index is 1.32. The number of hydrogen-bond acceptors (Lipinski definition) is 2. The first-order valence-corrected chi connectivity index (χ1v) is 9.52. The SMILES string of the molecule is C1=C(NCc2ccc3ccccc3c2)CC2=CCc3ccccc3NC2=C1. The molecule has 3 aromatic rings. The average Bonchev–Trinajstić information content (AvgIpc) is 2.91. The van der Waals surface area contributed by atoms with Crippen molar-refractivity contribution in [2.45, 2.75) is 19.4 Å². The normalized spacial score (nSPS) is 15.5. The monoisotopic (exact) mass is 350 g/mol. The average molecular weight is 350 g/mol. The molecule has 0 radical (unpaired) electrons. The van der Waals surface area contributed by atoms with E-state index in [1.54, 1.807) is 0 Å². The third kappa shape index (κ3) is 3.26. The molecule has 2 heteroatoms. The van der Waals surface area contributed by atoms with E-state index in [1.807, 2.05) is 0 Å². The molecule has 0 atom stereocenters. The van der Waals surface area contributed by atoms with Crippen molar-refractivity contribution in [3.63, 3.8) is 0 Å². The van der Waals surface area contributed by atoms with Gasteiger partial charge in [-0.25, -0.2) is 0 Å². The molecule has 1 heterocycles. The molecule has 0 aromatic heterocycles. The molecule has 27 heavy (non-hydrogen) atoms. The highest BCUT2D eigenvalue weighted by molar-refractivity contribution is 5.83. The zero-order chi connectivity index (χ0) is 18.1. The molecule has 0 saturated carbocycles. The molecule has 0 spiro atoms. The highest BCUT2D eigenvalue weighted by atomic mass is 14.9. The van der Waals surface area contributed by atoms with Gasteiger partial charge in [-0.3, -0.25) is 0 Å². The van der Waals surface area contributed by atoms with E-state index in [2.05, 4.69) is 95.6 Å². The van der Waals surface area contributed by atoms with Gasteiger partial charge in [-0.05, 0) is 58.2 Å². The van der Waals surface area contributed by atoms with Crippen LogP contribution in [0.4, 0.5) is 5.69 Å². The van der Waals surface area contributed by atoms with Crippen LogP contribution in [-0.2, 0) is 13.0 Å². The standard InChI is InChI=1S/C25H22N2/c1-2-7-21-15-18(9-10-19(21)5-1)17-26-23-13-14-25-22(16-23)12-11-20-6-3-4-8-24(20)27-25/h1-10,12-15,26-27H,11,16-17H2. The quantitative estimate of drug-likeness (QED) is 0.633. The Morgan fingerprint density at radius 2 is 1.70 bits per heavy atom. The summed E-state index contributed by atoms with van der Waals surface area (Å²) in [6.07, 6.45) is 8.68. The lowest BCUT2D eigenvalue weighted by Crippen LogP contribution is -2.17. The number of allylic oxidation sites excluding steroid dienone is 5. The summed E-state index contributed by atoms with van der Waals surface area (Å²) < 4.78 is 0. The molecule has 0 bridgehead atoms. The van der Waals surface area contributed by atoms with Crippen molar-refractivity contribution in [3.8, 4) is 0 Å². The molecule has 2 N–H and O–H groups in total. The highest BCUT2D eigenvalue weighted by Crippen LogP contribution is 2.30. The maximum absolute atomic E-state index is 3.63. The second-order valence-electron chi connectivity index (χ2n) is 7.20. The van der Waals surface area contributed by atoms with Gasteiger partial charge in [-0.2, -0.15) is 0 Å². The van der Waals surface area contributed by atoms with E-state index in [-0.39, 0.29) is 0 Å². The first kappa shape index (κ1) is 16.0. The second-order valence-corrected chi connectivity index (χ2v) is 7.20. The maximum atomic E-state index is 3.63. The van der Waals surface area contributed by atoms with Crippen molar-refractivity contribution in [1.29, 1.82) is 0 Å². The topological polar surface area (TPSA) is 24.1 Å². The number of rotatable bonds is 3. The number of fused-ring (bicyclic) bond motifs is 3. The van der Waals surface area contributed by atoms with Gasteiger partial charge in [0.05, 0.1) is 0 Å². The van der Waals surface area contributed by atoms with Gasteiger partial charge in [0.25, 0.3) is 0 Å². The second kappa shape index (κ2) is 6.81. The van der Waals surface area contributed by atoms with Gasteiger partial charge in [0.2, 0.25) is 0 Å². The predicted octanol–water partition coefficient (Wildman–Crippen LogP) is 5.70. The fourth-order valence-electron chi connectivity index (χ4n) is 3.84. The van der Waals surface area contributed by atoms with E-state index >= 15 is 0 Å². The Labute approximate surface area is 159 Å². The zero-order valence-electron chi connectivity index (χ0n) is 15.2. The van der Waals surface area contributed by atoms with Crippen molar-refractivity contribution in [3.05, 3.63) is 113 Å². The first-order valence-electron chi connectivity index (χ1n) is 9.52. The van der Waals surface area contributed by atoms with E-state index in [0.29, 0.717) is 0 Å². The van der Waals surface area contributed by atoms with Crippen LogP contribution in [0.5, 0.6) is 0 Å². The number of nitrogens with one attached hydrogen (secondary N) is 2. The van der Waals surface area contributed by atoms with Crippen LogP contribution >= 0.6 is 0 Å². The number of benzene rings is 3. The minimum Gasteiger partial charge on any atom is -0.384 e. The fraction of sp³-hybridized carbons (Fsp3) is 0.120. The Kier molecular flexibility index (Phi) is 4.02. The zero-order valence-corrected chi connectivity index (χ0v) is 15.2. The Morgan fingerprint density at radius 1 is 0.852 bits per heavy atom. The third-order valence-corrected chi connectivity index (χ3v) is 5.37. The molecule has 2 nitrogen and oxygen atoms in total. The summed E-state index contributed by atoms with van der Waals surface area (Å²) in [7, 11) is 0. The Morgan fingerprint density at radius 3 is 2.67 bits per heavy atom. The highest BCUT2D eigenvalue weighted by Gasteiger charge is 2.16. The summed E-state index contributed by atoms with van der Waals surface area (Å²) in [4.78, 5) is 0. The van der Waals surface area contributed by atoms with E-state index in [9.17, 15) is 0 Å². The summed E-state index contributed by atoms with van der Waals surface area (Å²) >= 11 is 0. The van der Waals surface area contributed by atoms with Gasteiger partial charge in [0.15, 0.2) is 0 Å². The number of hydrogen-bond donors (Lipinski definition) is 2. The van der Waals surface area contributed by atoms with Crippen LogP contribution < -0.4 is 10.6 Å². The molecule has 0 fully saturated rings. The van der Waals surface area contributed by atoms with Crippen LogP contribution in [-0.4, -0.2) is 0 Å². The summed E-state index contributed by atoms with van der Waals surface area (Å²) in [6.45, 7) is 0.848. The van der Waals surface area contributed by atoms with Gasteiger partial charge in [-0.1, -0.05) is 60.7 Å². The smallest absolute Gasteiger partial charge is 0.0420 e. The first-order chi connectivity index (χ1) is 13.3. The summed E-state index contributed by atoms with van der Waals surface area (Å²) in [6, 6.07) is 23.8. The van der Waals surface area contributed by atoms with Crippen LogP contribution in [0.1, 0.15) is 17.5 Å². The molecule has 1 aliphatic carbocycles. The maximum Gasteiger partial charge on any atom is 0.0420 e. The molecule has 132 valence electrons. The van der Waals surface area contributed by atoms with Crippen molar-refractivity contribution >= 4 is 16.5 Å². The van der Waals surface area contributed by atoms with E-state index < -0.39 is 0 Å². The molecule has 0 unspecified atom stereocenters. The predicted molar refractivity (Wildman–Crippen MR) is 113 cm³/mol. The van der Waals surface area contributed by atoms with Crippen LogP contribution in [0.15, 0.2) is 102 Å². The minimum absolute atomic E-state index is 0.848. The van der Waals surface area contributed by atoms with E-state index in [0.717, 1.165) is 19.4 Å². The number of anilines is 1. The van der Waals surface area contributed by atoms with Gasteiger partial charge in [-0.15, -0.1) is 0 Å². The van der Waals surface area contributed by atoms with Crippen LogP contribution in [0.2, 0.25) is 0 Å².